The first-order valence-electron chi connectivity index (χ1n) is 8.68. The molecule has 1 aromatic rings. The van der Waals surface area contributed by atoms with Crippen molar-refractivity contribution in [1.29, 1.82) is 0 Å². The molecular weight excluding hydrogens is 261 g/mol. The molecule has 0 aromatic heterocycles. The Morgan fingerprint density at radius 2 is 1.71 bits per heavy atom. The number of rotatable bonds is 11. The van der Waals surface area contributed by atoms with Crippen LogP contribution < -0.4 is 5.32 Å². The van der Waals surface area contributed by atoms with Crippen LogP contribution in [0.4, 0.5) is 4.39 Å². The van der Waals surface area contributed by atoms with Gasteiger partial charge >= 0.3 is 0 Å². The van der Waals surface area contributed by atoms with Gasteiger partial charge in [0.1, 0.15) is 5.82 Å². The summed E-state index contributed by atoms with van der Waals surface area (Å²) in [6.07, 6.45) is 9.83. The Morgan fingerprint density at radius 3 is 2.43 bits per heavy atom. The molecule has 1 aromatic carbocycles. The molecule has 0 saturated carbocycles. The first kappa shape index (κ1) is 18.2. The molecule has 120 valence electrons. The molecule has 0 aliphatic heterocycles. The normalized spacial score (nSPS) is 12.6. The van der Waals surface area contributed by atoms with Crippen LogP contribution in [0.25, 0.3) is 0 Å². The first-order chi connectivity index (χ1) is 10.2. The lowest BCUT2D eigenvalue weighted by molar-refractivity contribution is 0.448. The van der Waals surface area contributed by atoms with Crippen molar-refractivity contribution in [3.63, 3.8) is 0 Å². The summed E-state index contributed by atoms with van der Waals surface area (Å²) in [5, 5.41) is 3.52. The summed E-state index contributed by atoms with van der Waals surface area (Å²) in [5.74, 6) is -0.0693. The molecule has 2 heteroatoms. The average Bonchev–Trinajstić information content (AvgIpc) is 2.48. The van der Waals surface area contributed by atoms with E-state index in [1.54, 1.807) is 6.07 Å². The highest BCUT2D eigenvalue weighted by Crippen LogP contribution is 2.24. The number of unbranched alkanes of at least 4 members (excludes halogenated alkanes) is 5. The minimum Gasteiger partial charge on any atom is -0.310 e. The molecule has 1 nitrogen and oxygen atoms in total. The van der Waals surface area contributed by atoms with Gasteiger partial charge in [-0.15, -0.1) is 0 Å². The molecule has 1 unspecified atom stereocenters. The topological polar surface area (TPSA) is 12.0 Å². The van der Waals surface area contributed by atoms with E-state index in [2.05, 4.69) is 19.2 Å². The third kappa shape index (κ3) is 7.08. The summed E-state index contributed by atoms with van der Waals surface area (Å²) in [6, 6.07) is 5.61. The van der Waals surface area contributed by atoms with E-state index in [9.17, 15) is 4.39 Å². The standard InChI is InChI=1S/C19H32FN/c1-4-6-7-8-9-10-11-19(21-14-5-2)17-15-16(3)12-13-18(17)20/h12-13,15,19,21H,4-11,14H2,1-3H3. The van der Waals surface area contributed by atoms with Crippen molar-refractivity contribution in [1.82, 2.24) is 5.32 Å². The van der Waals surface area contributed by atoms with Gasteiger partial charge in [0.2, 0.25) is 0 Å². The second-order valence-electron chi connectivity index (χ2n) is 6.09. The zero-order valence-electron chi connectivity index (χ0n) is 14.1. The van der Waals surface area contributed by atoms with Gasteiger partial charge in [0.05, 0.1) is 0 Å². The maximum Gasteiger partial charge on any atom is 0.127 e. The molecule has 0 aliphatic rings. The molecule has 0 fully saturated rings. The van der Waals surface area contributed by atoms with Crippen LogP contribution in [0.15, 0.2) is 18.2 Å². The van der Waals surface area contributed by atoms with Gasteiger partial charge in [-0.3, -0.25) is 0 Å². The Morgan fingerprint density at radius 1 is 1.00 bits per heavy atom. The number of hydrogen-bond acceptors (Lipinski definition) is 1. The summed E-state index contributed by atoms with van der Waals surface area (Å²) in [5.41, 5.74) is 1.98. The van der Waals surface area contributed by atoms with E-state index >= 15 is 0 Å². The number of hydrogen-bond donors (Lipinski definition) is 1. The van der Waals surface area contributed by atoms with Gasteiger partial charge in [-0.05, 0) is 32.4 Å². The predicted octanol–water partition coefficient (Wildman–Crippen LogP) is 5.93. The van der Waals surface area contributed by atoms with Crippen molar-refractivity contribution >= 4 is 0 Å². The van der Waals surface area contributed by atoms with Crippen LogP contribution in [0.1, 0.15) is 82.4 Å². The zero-order chi connectivity index (χ0) is 15.5. The van der Waals surface area contributed by atoms with Crippen molar-refractivity contribution in [2.24, 2.45) is 0 Å². The monoisotopic (exact) mass is 293 g/mol. The molecule has 0 amide bonds. The quantitative estimate of drug-likeness (QED) is 0.499. The largest absolute Gasteiger partial charge is 0.310 e. The highest BCUT2D eigenvalue weighted by atomic mass is 19.1. The van der Waals surface area contributed by atoms with Crippen molar-refractivity contribution in [2.75, 3.05) is 6.54 Å². The number of nitrogens with one attached hydrogen (secondary N) is 1. The number of benzene rings is 1. The van der Waals surface area contributed by atoms with Gasteiger partial charge in [-0.2, -0.15) is 0 Å². The van der Waals surface area contributed by atoms with E-state index in [1.807, 2.05) is 19.1 Å². The predicted molar refractivity (Wildman–Crippen MR) is 90.2 cm³/mol. The molecule has 0 heterocycles. The SMILES string of the molecule is CCCCCCCCC(NCCC)c1cc(C)ccc1F. The summed E-state index contributed by atoms with van der Waals surface area (Å²) >= 11 is 0. The van der Waals surface area contributed by atoms with Crippen LogP contribution in [0.5, 0.6) is 0 Å². The Bertz CT molecular complexity index is 389. The van der Waals surface area contributed by atoms with Gasteiger partial charge in [0.25, 0.3) is 0 Å². The van der Waals surface area contributed by atoms with Gasteiger partial charge < -0.3 is 5.32 Å². The fraction of sp³-hybridized carbons (Fsp3) is 0.684. The summed E-state index contributed by atoms with van der Waals surface area (Å²) in [4.78, 5) is 0. The van der Waals surface area contributed by atoms with Crippen molar-refractivity contribution < 1.29 is 4.39 Å². The highest BCUT2D eigenvalue weighted by Gasteiger charge is 2.14. The molecule has 1 atom stereocenters. The Kier molecular flexibility index (Phi) is 9.32. The van der Waals surface area contributed by atoms with E-state index in [4.69, 9.17) is 0 Å². The highest BCUT2D eigenvalue weighted by molar-refractivity contribution is 5.26. The molecule has 1 rings (SSSR count). The van der Waals surface area contributed by atoms with Crippen LogP contribution in [-0.2, 0) is 0 Å². The minimum atomic E-state index is -0.0693. The average molecular weight is 293 g/mol. The van der Waals surface area contributed by atoms with Crippen molar-refractivity contribution in [3.8, 4) is 0 Å². The van der Waals surface area contributed by atoms with Crippen LogP contribution >= 0.6 is 0 Å². The summed E-state index contributed by atoms with van der Waals surface area (Å²) in [7, 11) is 0. The van der Waals surface area contributed by atoms with Gasteiger partial charge in [0, 0.05) is 11.6 Å². The van der Waals surface area contributed by atoms with E-state index < -0.39 is 0 Å². The van der Waals surface area contributed by atoms with Gasteiger partial charge in [-0.1, -0.05) is 70.1 Å². The lowest BCUT2D eigenvalue weighted by atomic mass is 9.97. The summed E-state index contributed by atoms with van der Waals surface area (Å²) in [6.45, 7) is 7.38. The number of halogens is 1. The van der Waals surface area contributed by atoms with E-state index in [0.29, 0.717) is 0 Å². The molecule has 0 spiro atoms. The molecule has 21 heavy (non-hydrogen) atoms. The minimum absolute atomic E-state index is 0.0693. The molecule has 1 N–H and O–H groups in total. The lowest BCUT2D eigenvalue weighted by Gasteiger charge is -2.20. The first-order valence-corrected chi connectivity index (χ1v) is 8.68. The maximum absolute atomic E-state index is 14.1. The Hall–Kier alpha value is -0.890. The van der Waals surface area contributed by atoms with Crippen molar-refractivity contribution in [3.05, 3.63) is 35.1 Å². The molecule has 0 aliphatic carbocycles. The third-order valence-corrected chi connectivity index (χ3v) is 4.01. The van der Waals surface area contributed by atoms with Gasteiger partial charge in [0.15, 0.2) is 0 Å². The molecule has 0 radical (unpaired) electrons. The second kappa shape index (κ2) is 10.8. The lowest BCUT2D eigenvalue weighted by Crippen LogP contribution is -2.23. The van der Waals surface area contributed by atoms with Crippen LogP contribution in [0.2, 0.25) is 0 Å². The van der Waals surface area contributed by atoms with Crippen LogP contribution in [0.3, 0.4) is 0 Å². The van der Waals surface area contributed by atoms with E-state index in [1.165, 1.54) is 38.5 Å². The van der Waals surface area contributed by atoms with Crippen molar-refractivity contribution in [2.45, 2.75) is 78.2 Å². The smallest absolute Gasteiger partial charge is 0.127 e. The number of aryl methyl sites for hydroxylation is 1. The van der Waals surface area contributed by atoms with E-state index in [-0.39, 0.29) is 11.9 Å². The third-order valence-electron chi connectivity index (χ3n) is 4.01. The van der Waals surface area contributed by atoms with Crippen LogP contribution in [-0.4, -0.2) is 6.54 Å². The second-order valence-corrected chi connectivity index (χ2v) is 6.09. The fourth-order valence-corrected chi connectivity index (χ4v) is 2.75. The van der Waals surface area contributed by atoms with E-state index in [0.717, 1.165) is 30.5 Å². The fourth-order valence-electron chi connectivity index (χ4n) is 2.75. The molecule has 0 saturated heterocycles. The summed E-state index contributed by atoms with van der Waals surface area (Å²) < 4.78 is 14.1. The molecule has 0 bridgehead atoms. The van der Waals surface area contributed by atoms with Gasteiger partial charge in [-0.25, -0.2) is 4.39 Å². The Balaban J connectivity index is 2.52. The molecular formula is C19H32FN. The van der Waals surface area contributed by atoms with Crippen LogP contribution in [0, 0.1) is 12.7 Å². The Labute approximate surface area is 130 Å². The maximum atomic E-state index is 14.1. The zero-order valence-corrected chi connectivity index (χ0v) is 14.1.